The van der Waals surface area contributed by atoms with Gasteiger partial charge in [0, 0.05) is 13.2 Å². The molecule has 18 heavy (non-hydrogen) atoms. The number of aliphatic hydroxyl groups excluding tert-OH is 2. The Morgan fingerprint density at radius 2 is 1.39 bits per heavy atom. The summed E-state index contributed by atoms with van der Waals surface area (Å²) in [6.45, 7) is 2.65. The van der Waals surface area contributed by atoms with Crippen molar-refractivity contribution in [2.24, 2.45) is 0 Å². The lowest BCUT2D eigenvalue weighted by Crippen LogP contribution is -1.82. The van der Waals surface area contributed by atoms with Gasteiger partial charge in [-0.3, -0.25) is 0 Å². The van der Waals surface area contributed by atoms with Gasteiger partial charge < -0.3 is 10.2 Å². The van der Waals surface area contributed by atoms with Gasteiger partial charge in [0.2, 0.25) is 0 Å². The molecule has 0 aromatic carbocycles. The third kappa shape index (κ3) is 11.6. The molecule has 104 valence electrons. The lowest BCUT2D eigenvalue weighted by molar-refractivity contribution is 0.289. The lowest BCUT2D eigenvalue weighted by atomic mass is 10.1. The summed E-state index contributed by atoms with van der Waals surface area (Å²) in [4.78, 5) is 0. The van der Waals surface area contributed by atoms with Crippen molar-refractivity contribution >= 4 is 0 Å². The molecule has 0 radical (unpaired) electrons. The molecule has 2 heteroatoms. The zero-order valence-corrected chi connectivity index (χ0v) is 11.6. The molecule has 0 spiro atoms. The van der Waals surface area contributed by atoms with Crippen LogP contribution in [0.2, 0.25) is 0 Å². The molecule has 0 bridgehead atoms. The summed E-state index contributed by atoms with van der Waals surface area (Å²) in [6.07, 6.45) is 17.8. The maximum atomic E-state index is 8.66. The van der Waals surface area contributed by atoms with Crippen LogP contribution in [-0.2, 0) is 0 Å². The fraction of sp³-hybridized carbons (Fsp3) is 0.625. The van der Waals surface area contributed by atoms with Crippen LogP contribution in [0.4, 0.5) is 0 Å². The molecule has 0 aliphatic carbocycles. The molecule has 0 amide bonds. The van der Waals surface area contributed by atoms with E-state index in [-0.39, 0.29) is 13.2 Å². The number of allylic oxidation sites excluding steroid dienone is 6. The van der Waals surface area contributed by atoms with Gasteiger partial charge >= 0.3 is 0 Å². The van der Waals surface area contributed by atoms with E-state index in [4.69, 9.17) is 10.2 Å². The van der Waals surface area contributed by atoms with Crippen LogP contribution in [0.15, 0.2) is 36.0 Å². The van der Waals surface area contributed by atoms with Crippen molar-refractivity contribution in [3.63, 3.8) is 0 Å². The Morgan fingerprint density at radius 3 is 1.94 bits per heavy atom. The van der Waals surface area contributed by atoms with Crippen LogP contribution in [0.1, 0.15) is 51.9 Å². The number of rotatable bonds is 11. The molecule has 0 atom stereocenters. The Morgan fingerprint density at radius 1 is 0.833 bits per heavy atom. The second kappa shape index (κ2) is 14.2. The third-order valence-electron chi connectivity index (χ3n) is 2.81. The van der Waals surface area contributed by atoms with Gasteiger partial charge in [-0.1, -0.05) is 36.0 Å². The molecular weight excluding hydrogens is 224 g/mol. The Bertz CT molecular complexity index is 252. The smallest absolute Gasteiger partial charge is 0.0433 e. The van der Waals surface area contributed by atoms with E-state index in [0.29, 0.717) is 0 Å². The normalized spacial score (nSPS) is 12.9. The number of hydrogen-bond donors (Lipinski definition) is 2. The fourth-order valence-corrected chi connectivity index (χ4v) is 1.64. The molecule has 2 nitrogen and oxygen atoms in total. The third-order valence-corrected chi connectivity index (χ3v) is 2.81. The fourth-order valence-electron chi connectivity index (χ4n) is 1.64. The highest BCUT2D eigenvalue weighted by Gasteiger charge is 1.92. The Hall–Kier alpha value is -0.860. The Kier molecular flexibility index (Phi) is 13.5. The molecule has 0 saturated carbocycles. The predicted octanol–water partition coefficient (Wildman–Crippen LogP) is 3.76. The zero-order chi connectivity index (χ0) is 13.5. The molecule has 2 N–H and O–H groups in total. The highest BCUT2D eigenvalue weighted by atomic mass is 16.3. The van der Waals surface area contributed by atoms with Gasteiger partial charge in [0.05, 0.1) is 0 Å². The number of unbranched alkanes of at least 4 members (excludes halogenated alkanes) is 2. The van der Waals surface area contributed by atoms with E-state index < -0.39 is 0 Å². The van der Waals surface area contributed by atoms with Crippen LogP contribution in [0, 0.1) is 0 Å². The van der Waals surface area contributed by atoms with Crippen molar-refractivity contribution in [1.29, 1.82) is 0 Å². The zero-order valence-electron chi connectivity index (χ0n) is 11.6. The average molecular weight is 252 g/mol. The molecule has 0 aliphatic heterocycles. The van der Waals surface area contributed by atoms with E-state index >= 15 is 0 Å². The first kappa shape index (κ1) is 17.1. The first-order valence-corrected chi connectivity index (χ1v) is 7.01. The van der Waals surface area contributed by atoms with Gasteiger partial charge in [-0.05, 0) is 51.9 Å². The van der Waals surface area contributed by atoms with E-state index in [2.05, 4.69) is 37.3 Å². The van der Waals surface area contributed by atoms with Gasteiger partial charge in [0.15, 0.2) is 0 Å². The van der Waals surface area contributed by atoms with Crippen LogP contribution in [0.5, 0.6) is 0 Å². The second-order valence-electron chi connectivity index (χ2n) is 4.36. The summed E-state index contributed by atoms with van der Waals surface area (Å²) in [5, 5.41) is 17.3. The summed E-state index contributed by atoms with van der Waals surface area (Å²) in [6, 6.07) is 0. The SMILES string of the molecule is C/C=C(/C/C=C\CCCO)CC/C=C/CCCO. The monoisotopic (exact) mass is 252 g/mol. The highest BCUT2D eigenvalue weighted by Crippen LogP contribution is 2.11. The predicted molar refractivity (Wildman–Crippen MR) is 78.5 cm³/mol. The van der Waals surface area contributed by atoms with E-state index in [0.717, 1.165) is 44.9 Å². The largest absolute Gasteiger partial charge is 0.396 e. The second-order valence-corrected chi connectivity index (χ2v) is 4.36. The van der Waals surface area contributed by atoms with Gasteiger partial charge in [0.25, 0.3) is 0 Å². The van der Waals surface area contributed by atoms with Crippen LogP contribution in [0.25, 0.3) is 0 Å². The van der Waals surface area contributed by atoms with Crippen LogP contribution < -0.4 is 0 Å². The molecule has 0 unspecified atom stereocenters. The minimum Gasteiger partial charge on any atom is -0.396 e. The summed E-state index contributed by atoms with van der Waals surface area (Å²) in [7, 11) is 0. The van der Waals surface area contributed by atoms with Crippen molar-refractivity contribution in [3.05, 3.63) is 36.0 Å². The molecule has 0 heterocycles. The maximum Gasteiger partial charge on any atom is 0.0433 e. The first-order valence-electron chi connectivity index (χ1n) is 7.01. The quantitative estimate of drug-likeness (QED) is 0.434. The summed E-state index contributed by atoms with van der Waals surface area (Å²) < 4.78 is 0. The van der Waals surface area contributed by atoms with Gasteiger partial charge in [-0.2, -0.15) is 0 Å². The lowest BCUT2D eigenvalue weighted by Gasteiger charge is -2.01. The average Bonchev–Trinajstić information content (AvgIpc) is 2.40. The standard InChI is InChI=1S/C16H28O2/c1-2-16(13-9-5-7-11-15-18)12-8-4-3-6-10-14-17/h2-5,9,17-18H,6-8,10-15H2,1H3/b4-3+,9-5-,16-2+. The minimum atomic E-state index is 0.277. The van der Waals surface area contributed by atoms with Gasteiger partial charge in [-0.15, -0.1) is 0 Å². The van der Waals surface area contributed by atoms with Gasteiger partial charge in [-0.25, -0.2) is 0 Å². The molecule has 0 fully saturated rings. The first-order chi connectivity index (χ1) is 8.85. The molecular formula is C16H28O2. The summed E-state index contributed by atoms with van der Waals surface area (Å²) >= 11 is 0. The van der Waals surface area contributed by atoms with Crippen molar-refractivity contribution in [3.8, 4) is 0 Å². The Balaban J connectivity index is 3.65. The van der Waals surface area contributed by atoms with Crippen molar-refractivity contribution in [2.75, 3.05) is 13.2 Å². The molecule has 0 aromatic heterocycles. The molecule has 0 aromatic rings. The van der Waals surface area contributed by atoms with Gasteiger partial charge in [0.1, 0.15) is 0 Å². The minimum absolute atomic E-state index is 0.277. The molecule has 0 aliphatic rings. The van der Waals surface area contributed by atoms with Crippen molar-refractivity contribution < 1.29 is 10.2 Å². The highest BCUT2D eigenvalue weighted by molar-refractivity contribution is 5.07. The van der Waals surface area contributed by atoms with Crippen molar-refractivity contribution in [2.45, 2.75) is 51.9 Å². The molecule has 0 saturated heterocycles. The van der Waals surface area contributed by atoms with E-state index in [1.54, 1.807) is 0 Å². The van der Waals surface area contributed by atoms with Crippen LogP contribution >= 0.6 is 0 Å². The van der Waals surface area contributed by atoms with E-state index in [9.17, 15) is 0 Å². The summed E-state index contributed by atoms with van der Waals surface area (Å²) in [5.41, 5.74) is 1.46. The van der Waals surface area contributed by atoms with Crippen LogP contribution in [0.3, 0.4) is 0 Å². The summed E-state index contributed by atoms with van der Waals surface area (Å²) in [5.74, 6) is 0. The number of aliphatic hydroxyl groups is 2. The maximum absolute atomic E-state index is 8.66. The van der Waals surface area contributed by atoms with Crippen molar-refractivity contribution in [1.82, 2.24) is 0 Å². The molecule has 0 rings (SSSR count). The number of hydrogen-bond acceptors (Lipinski definition) is 2. The topological polar surface area (TPSA) is 40.5 Å². The van der Waals surface area contributed by atoms with Crippen LogP contribution in [-0.4, -0.2) is 23.4 Å². The Labute approximate surface area is 112 Å². The van der Waals surface area contributed by atoms with E-state index in [1.165, 1.54) is 5.57 Å². The van der Waals surface area contributed by atoms with E-state index in [1.807, 2.05) is 0 Å².